The topological polar surface area (TPSA) is 41.8 Å². The van der Waals surface area contributed by atoms with Gasteiger partial charge in [-0.15, -0.1) is 0 Å². The Balaban J connectivity index is 1.75. The minimum absolute atomic E-state index is 0.215. The molecule has 2 atom stereocenters. The van der Waals surface area contributed by atoms with Crippen molar-refractivity contribution in [3.05, 3.63) is 70.8 Å². The van der Waals surface area contributed by atoms with E-state index < -0.39 is 6.10 Å². The van der Waals surface area contributed by atoms with E-state index >= 15 is 0 Å². The minimum atomic E-state index is -0.462. The van der Waals surface area contributed by atoms with Crippen LogP contribution in [0.4, 0.5) is 0 Å². The summed E-state index contributed by atoms with van der Waals surface area (Å²) in [5.41, 5.74) is 4.50. The Bertz CT molecular complexity index is 693. The SMILES string of the molecule is O[C@@H]1Cc2ccccc2[C@H]1/N=C1/OCc2ccccc21. The first-order chi connectivity index (χ1) is 9.83. The third-order valence-corrected chi connectivity index (χ3v) is 4.04. The number of hydrogen-bond acceptors (Lipinski definition) is 3. The maximum absolute atomic E-state index is 10.3. The molecule has 2 aromatic carbocycles. The van der Waals surface area contributed by atoms with Gasteiger partial charge in [-0.05, 0) is 17.2 Å². The number of aliphatic hydroxyl groups excluding tert-OH is 1. The molecule has 1 N–H and O–H groups in total. The lowest BCUT2D eigenvalue weighted by Crippen LogP contribution is -2.13. The van der Waals surface area contributed by atoms with Crippen molar-refractivity contribution in [3.8, 4) is 0 Å². The monoisotopic (exact) mass is 265 g/mol. The van der Waals surface area contributed by atoms with Gasteiger partial charge in [-0.25, -0.2) is 4.99 Å². The Morgan fingerprint density at radius 3 is 2.65 bits per heavy atom. The van der Waals surface area contributed by atoms with Crippen molar-refractivity contribution in [1.29, 1.82) is 0 Å². The zero-order valence-electron chi connectivity index (χ0n) is 11.0. The van der Waals surface area contributed by atoms with Gasteiger partial charge < -0.3 is 9.84 Å². The largest absolute Gasteiger partial charge is 0.473 e. The highest BCUT2D eigenvalue weighted by Crippen LogP contribution is 2.35. The van der Waals surface area contributed by atoms with Crippen molar-refractivity contribution in [2.45, 2.75) is 25.2 Å². The summed E-state index contributed by atoms with van der Waals surface area (Å²) >= 11 is 0. The molecule has 0 spiro atoms. The predicted molar refractivity (Wildman–Crippen MR) is 76.7 cm³/mol. The van der Waals surface area contributed by atoms with Gasteiger partial charge in [0, 0.05) is 17.5 Å². The molecule has 4 rings (SSSR count). The summed E-state index contributed by atoms with van der Waals surface area (Å²) in [5, 5.41) is 10.3. The van der Waals surface area contributed by atoms with Crippen LogP contribution < -0.4 is 0 Å². The van der Waals surface area contributed by atoms with Crippen molar-refractivity contribution in [2.75, 3.05) is 0 Å². The normalized spacial score (nSPS) is 25.4. The zero-order valence-corrected chi connectivity index (χ0v) is 11.0. The van der Waals surface area contributed by atoms with Crippen LogP contribution in [0, 0.1) is 0 Å². The fraction of sp³-hybridized carbons (Fsp3) is 0.235. The maximum Gasteiger partial charge on any atom is 0.217 e. The van der Waals surface area contributed by atoms with Crippen LogP contribution in [-0.2, 0) is 17.8 Å². The summed E-state index contributed by atoms with van der Waals surface area (Å²) in [6, 6.07) is 15.9. The lowest BCUT2D eigenvalue weighted by Gasteiger charge is -2.12. The number of benzene rings is 2. The van der Waals surface area contributed by atoms with Crippen molar-refractivity contribution < 1.29 is 9.84 Å². The molecule has 0 aromatic heterocycles. The lowest BCUT2D eigenvalue weighted by molar-refractivity contribution is 0.157. The molecule has 3 heteroatoms. The third-order valence-electron chi connectivity index (χ3n) is 4.04. The predicted octanol–water partition coefficient (Wildman–Crippen LogP) is 2.62. The number of nitrogens with zero attached hydrogens (tertiary/aromatic N) is 1. The van der Waals surface area contributed by atoms with Gasteiger partial charge in [-0.3, -0.25) is 0 Å². The number of hydrogen-bond donors (Lipinski definition) is 1. The third kappa shape index (κ3) is 1.74. The average Bonchev–Trinajstić information content (AvgIpc) is 3.02. The second-order valence-electron chi connectivity index (χ2n) is 5.30. The highest BCUT2D eigenvalue weighted by atomic mass is 16.5. The van der Waals surface area contributed by atoms with Crippen molar-refractivity contribution in [1.82, 2.24) is 0 Å². The molecule has 0 amide bonds. The fourth-order valence-electron chi connectivity index (χ4n) is 3.02. The van der Waals surface area contributed by atoms with E-state index in [4.69, 9.17) is 4.74 Å². The zero-order chi connectivity index (χ0) is 13.5. The molecule has 2 aromatic rings. The second-order valence-corrected chi connectivity index (χ2v) is 5.30. The first kappa shape index (κ1) is 11.7. The summed E-state index contributed by atoms with van der Waals surface area (Å²) in [5.74, 6) is 0.654. The van der Waals surface area contributed by atoms with Gasteiger partial charge in [0.05, 0.1) is 6.10 Å². The van der Waals surface area contributed by atoms with Crippen LogP contribution in [0.3, 0.4) is 0 Å². The van der Waals surface area contributed by atoms with E-state index in [-0.39, 0.29) is 6.04 Å². The molecule has 1 aliphatic heterocycles. The van der Waals surface area contributed by atoms with E-state index in [1.165, 1.54) is 5.56 Å². The van der Waals surface area contributed by atoms with Gasteiger partial charge in [0.25, 0.3) is 0 Å². The average molecular weight is 265 g/mol. The Kier molecular flexibility index (Phi) is 2.60. The molecular weight excluding hydrogens is 250 g/mol. The van der Waals surface area contributed by atoms with Crippen LogP contribution in [0.1, 0.15) is 28.3 Å². The smallest absolute Gasteiger partial charge is 0.217 e. The quantitative estimate of drug-likeness (QED) is 0.861. The van der Waals surface area contributed by atoms with Gasteiger partial charge in [0.15, 0.2) is 0 Å². The fourth-order valence-corrected chi connectivity index (χ4v) is 3.02. The van der Waals surface area contributed by atoms with Crippen LogP contribution in [0.2, 0.25) is 0 Å². The Morgan fingerprint density at radius 1 is 1.00 bits per heavy atom. The molecule has 100 valence electrons. The Morgan fingerprint density at radius 2 is 1.75 bits per heavy atom. The van der Waals surface area contributed by atoms with Gasteiger partial charge >= 0.3 is 0 Å². The molecule has 0 unspecified atom stereocenters. The van der Waals surface area contributed by atoms with Crippen molar-refractivity contribution in [2.24, 2.45) is 4.99 Å². The molecule has 1 aliphatic carbocycles. The molecule has 3 nitrogen and oxygen atoms in total. The lowest BCUT2D eigenvalue weighted by atomic mass is 10.1. The summed E-state index contributed by atoms with van der Waals surface area (Å²) in [6.45, 7) is 0.569. The first-order valence-corrected chi connectivity index (χ1v) is 6.87. The van der Waals surface area contributed by atoms with Gasteiger partial charge in [-0.1, -0.05) is 42.5 Å². The van der Waals surface area contributed by atoms with E-state index in [9.17, 15) is 5.11 Å². The van der Waals surface area contributed by atoms with Crippen LogP contribution in [-0.4, -0.2) is 17.1 Å². The van der Waals surface area contributed by atoms with E-state index in [1.807, 2.05) is 36.4 Å². The maximum atomic E-state index is 10.3. The number of rotatable bonds is 1. The molecular formula is C17H15NO2. The van der Waals surface area contributed by atoms with Crippen molar-refractivity contribution in [3.63, 3.8) is 0 Å². The summed E-state index contributed by atoms with van der Waals surface area (Å²) < 4.78 is 5.69. The number of fused-ring (bicyclic) bond motifs is 2. The van der Waals surface area contributed by atoms with Crippen LogP contribution in [0.25, 0.3) is 0 Å². The minimum Gasteiger partial charge on any atom is -0.473 e. The summed E-state index contributed by atoms with van der Waals surface area (Å²) in [7, 11) is 0. The van der Waals surface area contributed by atoms with Gasteiger partial charge in [-0.2, -0.15) is 0 Å². The van der Waals surface area contributed by atoms with E-state index in [1.54, 1.807) is 0 Å². The molecule has 0 radical (unpaired) electrons. The highest BCUT2D eigenvalue weighted by Gasteiger charge is 2.32. The summed E-state index contributed by atoms with van der Waals surface area (Å²) in [4.78, 5) is 4.68. The first-order valence-electron chi connectivity index (χ1n) is 6.87. The number of aliphatic imine (C=N–C) groups is 1. The molecule has 0 bridgehead atoms. The molecule has 0 fully saturated rings. The Labute approximate surface area is 117 Å². The Hall–Kier alpha value is -2.13. The molecule has 2 aliphatic rings. The van der Waals surface area contributed by atoms with Gasteiger partial charge in [0.1, 0.15) is 12.6 Å². The summed E-state index contributed by atoms with van der Waals surface area (Å²) in [6.07, 6.45) is 0.204. The van der Waals surface area contributed by atoms with E-state index in [0.717, 1.165) is 16.7 Å². The molecule has 0 saturated heterocycles. The van der Waals surface area contributed by atoms with Crippen LogP contribution >= 0.6 is 0 Å². The van der Waals surface area contributed by atoms with Crippen LogP contribution in [0.5, 0.6) is 0 Å². The number of ether oxygens (including phenoxy) is 1. The van der Waals surface area contributed by atoms with Crippen LogP contribution in [0.15, 0.2) is 53.5 Å². The van der Waals surface area contributed by atoms with E-state index in [0.29, 0.717) is 18.9 Å². The second kappa shape index (κ2) is 4.46. The van der Waals surface area contributed by atoms with Gasteiger partial charge in [0.2, 0.25) is 5.90 Å². The molecule has 1 heterocycles. The number of aliphatic hydroxyl groups is 1. The van der Waals surface area contributed by atoms with Crippen molar-refractivity contribution >= 4 is 5.90 Å². The molecule has 20 heavy (non-hydrogen) atoms. The highest BCUT2D eigenvalue weighted by molar-refractivity contribution is 5.97. The van der Waals surface area contributed by atoms with E-state index in [2.05, 4.69) is 17.1 Å². The molecule has 0 saturated carbocycles. The standard InChI is InChI=1S/C17H15NO2/c19-15-9-11-5-1-3-7-13(11)16(15)18-17-14-8-4-2-6-12(14)10-20-17/h1-8,15-16,19H,9-10H2/b18-17+/t15-,16-/m1/s1.